The fourth-order valence-corrected chi connectivity index (χ4v) is 6.56. The lowest BCUT2D eigenvalue weighted by Crippen LogP contribution is -2.60. The first kappa shape index (κ1) is 47.7. The summed E-state index contributed by atoms with van der Waals surface area (Å²) in [6, 6.07) is -0.804. The molecule has 6 N–H and O–H groups in total. The van der Waals surface area contributed by atoms with E-state index in [1.807, 2.05) is 6.08 Å². The minimum Gasteiger partial charge on any atom is -0.394 e. The first-order valence-electron chi connectivity index (χ1n) is 21.1. The molecular weight excluding hydrogens is 646 g/mol. The van der Waals surface area contributed by atoms with Gasteiger partial charge in [-0.15, -0.1) is 0 Å². The second-order valence-electron chi connectivity index (χ2n) is 14.8. The van der Waals surface area contributed by atoms with Gasteiger partial charge in [0.25, 0.3) is 0 Å². The van der Waals surface area contributed by atoms with Crippen molar-refractivity contribution in [2.75, 3.05) is 13.2 Å². The lowest BCUT2D eigenvalue weighted by atomic mass is 9.99. The third kappa shape index (κ3) is 24.6. The molecule has 1 heterocycles. The molecule has 1 amide bonds. The van der Waals surface area contributed by atoms with E-state index in [9.17, 15) is 30.3 Å². The third-order valence-electron chi connectivity index (χ3n) is 10.0. The highest BCUT2D eigenvalue weighted by Gasteiger charge is 2.44. The Hall–Kier alpha value is -1.33. The minimum atomic E-state index is -1.56. The van der Waals surface area contributed by atoms with Gasteiger partial charge in [0.2, 0.25) is 5.91 Å². The molecule has 51 heavy (non-hydrogen) atoms. The number of aliphatic hydroxyl groups is 5. The smallest absolute Gasteiger partial charge is 0.220 e. The SMILES string of the molecule is CCCCCCCC/C=C\CCCCCCCC(=O)N[C@H](CO[C@H]1O[C@H](CO)[C@H](O)[C@H](O)[C@H]1O)[C@@H](O)/C=C/CCCCCCCCCCCCC. The van der Waals surface area contributed by atoms with E-state index in [0.29, 0.717) is 6.42 Å². The maximum absolute atomic E-state index is 12.9. The van der Waals surface area contributed by atoms with E-state index in [-0.39, 0.29) is 12.5 Å². The van der Waals surface area contributed by atoms with Crippen LogP contribution in [-0.2, 0) is 14.3 Å². The summed E-state index contributed by atoms with van der Waals surface area (Å²) in [4.78, 5) is 12.9. The van der Waals surface area contributed by atoms with Gasteiger partial charge in [-0.05, 0) is 44.9 Å². The number of hydrogen-bond donors (Lipinski definition) is 6. The molecule has 9 nitrogen and oxygen atoms in total. The summed E-state index contributed by atoms with van der Waals surface area (Å²) < 4.78 is 11.2. The van der Waals surface area contributed by atoms with Crippen LogP contribution in [0.2, 0.25) is 0 Å². The zero-order chi connectivity index (χ0) is 37.4. The number of ether oxygens (including phenoxy) is 2. The van der Waals surface area contributed by atoms with Crippen LogP contribution < -0.4 is 5.32 Å². The molecule has 0 radical (unpaired) electrons. The molecule has 300 valence electrons. The summed E-state index contributed by atoms with van der Waals surface area (Å²) in [7, 11) is 0. The van der Waals surface area contributed by atoms with Crippen LogP contribution in [0.3, 0.4) is 0 Å². The van der Waals surface area contributed by atoms with Gasteiger partial charge in [-0.1, -0.05) is 154 Å². The normalized spacial score (nSPS) is 22.2. The highest BCUT2D eigenvalue weighted by atomic mass is 16.7. The Morgan fingerprint density at radius 1 is 0.647 bits per heavy atom. The lowest BCUT2D eigenvalue weighted by molar-refractivity contribution is -0.302. The van der Waals surface area contributed by atoms with E-state index in [1.165, 1.54) is 103 Å². The molecule has 0 aromatic carbocycles. The van der Waals surface area contributed by atoms with Gasteiger partial charge in [0.05, 0.1) is 25.4 Å². The molecule has 0 bridgehead atoms. The van der Waals surface area contributed by atoms with E-state index >= 15 is 0 Å². The molecule has 0 aliphatic carbocycles. The van der Waals surface area contributed by atoms with Crippen LogP contribution in [-0.4, -0.2) is 87.5 Å². The average Bonchev–Trinajstić information content (AvgIpc) is 3.13. The topological polar surface area (TPSA) is 149 Å². The molecule has 1 aliphatic rings. The molecule has 0 unspecified atom stereocenters. The van der Waals surface area contributed by atoms with Gasteiger partial charge in [-0.3, -0.25) is 4.79 Å². The van der Waals surface area contributed by atoms with Gasteiger partial charge < -0.3 is 40.3 Å². The predicted octanol–water partition coefficient (Wildman–Crippen LogP) is 7.94. The molecule has 7 atom stereocenters. The Morgan fingerprint density at radius 2 is 1.10 bits per heavy atom. The molecule has 0 spiro atoms. The zero-order valence-corrected chi connectivity index (χ0v) is 32.6. The Kier molecular flexibility index (Phi) is 31.1. The Labute approximate surface area is 311 Å². The minimum absolute atomic E-state index is 0.187. The summed E-state index contributed by atoms with van der Waals surface area (Å²) in [6.07, 6.45) is 30.7. The van der Waals surface area contributed by atoms with E-state index in [0.717, 1.165) is 57.8 Å². The van der Waals surface area contributed by atoms with Crippen LogP contribution in [0.4, 0.5) is 0 Å². The first-order valence-corrected chi connectivity index (χ1v) is 21.1. The van der Waals surface area contributed by atoms with Crippen LogP contribution in [0.25, 0.3) is 0 Å². The molecule has 0 saturated carbocycles. The monoisotopic (exact) mass is 726 g/mol. The fourth-order valence-electron chi connectivity index (χ4n) is 6.56. The zero-order valence-electron chi connectivity index (χ0n) is 32.6. The van der Waals surface area contributed by atoms with Crippen molar-refractivity contribution in [1.29, 1.82) is 0 Å². The summed E-state index contributed by atoms with van der Waals surface area (Å²) in [5.41, 5.74) is 0. The van der Waals surface area contributed by atoms with Crippen LogP contribution >= 0.6 is 0 Å². The molecule has 0 aromatic heterocycles. The van der Waals surface area contributed by atoms with Gasteiger partial charge in [0.15, 0.2) is 6.29 Å². The van der Waals surface area contributed by atoms with Gasteiger partial charge >= 0.3 is 0 Å². The second kappa shape index (κ2) is 33.3. The number of nitrogens with one attached hydrogen (secondary N) is 1. The van der Waals surface area contributed by atoms with E-state index in [4.69, 9.17) is 9.47 Å². The van der Waals surface area contributed by atoms with Crippen molar-refractivity contribution in [1.82, 2.24) is 5.32 Å². The molecular formula is C42H79NO8. The summed E-state index contributed by atoms with van der Waals surface area (Å²) in [6.45, 7) is 3.74. The number of amides is 1. The van der Waals surface area contributed by atoms with Gasteiger partial charge in [-0.2, -0.15) is 0 Å². The maximum atomic E-state index is 12.9. The van der Waals surface area contributed by atoms with Gasteiger partial charge in [0.1, 0.15) is 24.4 Å². The Bertz CT molecular complexity index is 853. The molecule has 1 aliphatic heterocycles. The number of allylic oxidation sites excluding steroid dienone is 3. The van der Waals surface area contributed by atoms with Crippen LogP contribution in [0.15, 0.2) is 24.3 Å². The fraction of sp³-hybridized carbons (Fsp3) is 0.881. The standard InChI is InChI=1S/C42H79NO8/c1-3-5-7-9-11-13-15-17-18-20-22-24-26-28-30-32-38(46)43-35(34-50-42-41(49)40(48)39(47)37(33-44)51-42)36(45)31-29-27-25-23-21-19-16-14-12-10-8-6-4-2/h17-18,29,31,35-37,39-42,44-45,47-49H,3-16,19-28,30,32-34H2,1-2H3,(H,43,46)/b18-17-,31-29+/t35-,36+,37-,39+,40+,41-,42+/m1/s1. The highest BCUT2D eigenvalue weighted by Crippen LogP contribution is 2.22. The van der Waals surface area contributed by atoms with Gasteiger partial charge in [-0.25, -0.2) is 0 Å². The largest absolute Gasteiger partial charge is 0.394 e. The van der Waals surface area contributed by atoms with Crippen molar-refractivity contribution >= 4 is 5.91 Å². The van der Waals surface area contributed by atoms with Crippen molar-refractivity contribution in [2.24, 2.45) is 0 Å². The Morgan fingerprint density at radius 3 is 1.59 bits per heavy atom. The number of carbonyl (C=O) groups is 1. The second-order valence-corrected chi connectivity index (χ2v) is 14.8. The predicted molar refractivity (Wildman–Crippen MR) is 207 cm³/mol. The van der Waals surface area contributed by atoms with E-state index in [2.05, 4.69) is 31.3 Å². The number of carbonyl (C=O) groups excluding carboxylic acids is 1. The summed E-state index contributed by atoms with van der Waals surface area (Å²) >= 11 is 0. The summed E-state index contributed by atoms with van der Waals surface area (Å²) in [5, 5.41) is 54.0. The van der Waals surface area contributed by atoms with Crippen molar-refractivity contribution in [3.8, 4) is 0 Å². The third-order valence-corrected chi connectivity index (χ3v) is 10.0. The summed E-state index contributed by atoms with van der Waals surface area (Å²) in [5.74, 6) is -0.187. The molecule has 1 rings (SSSR count). The Balaban J connectivity index is 2.42. The van der Waals surface area contributed by atoms with E-state index in [1.54, 1.807) is 6.08 Å². The maximum Gasteiger partial charge on any atom is 0.220 e. The van der Waals surface area contributed by atoms with Crippen LogP contribution in [0, 0.1) is 0 Å². The molecule has 1 fully saturated rings. The first-order chi connectivity index (χ1) is 24.8. The number of aliphatic hydroxyl groups excluding tert-OH is 5. The van der Waals surface area contributed by atoms with Crippen molar-refractivity contribution in [2.45, 2.75) is 224 Å². The van der Waals surface area contributed by atoms with Crippen LogP contribution in [0.5, 0.6) is 0 Å². The highest BCUT2D eigenvalue weighted by molar-refractivity contribution is 5.76. The van der Waals surface area contributed by atoms with E-state index < -0.39 is 49.5 Å². The van der Waals surface area contributed by atoms with Crippen molar-refractivity contribution < 1.29 is 39.8 Å². The lowest BCUT2D eigenvalue weighted by Gasteiger charge is -2.40. The molecule has 0 aromatic rings. The van der Waals surface area contributed by atoms with Crippen LogP contribution in [0.1, 0.15) is 181 Å². The number of hydrogen-bond acceptors (Lipinski definition) is 8. The molecule has 1 saturated heterocycles. The quantitative estimate of drug-likeness (QED) is 0.0289. The number of rotatable bonds is 34. The van der Waals surface area contributed by atoms with Crippen molar-refractivity contribution in [3.05, 3.63) is 24.3 Å². The average molecular weight is 726 g/mol. The number of unbranched alkanes of at least 4 members (excludes halogenated alkanes) is 22. The molecule has 9 heteroatoms. The van der Waals surface area contributed by atoms with Gasteiger partial charge in [0, 0.05) is 6.42 Å². The van der Waals surface area contributed by atoms with Crippen molar-refractivity contribution in [3.63, 3.8) is 0 Å².